The Kier molecular flexibility index (Phi) is 6.33. The highest BCUT2D eigenvalue weighted by atomic mass is 35.5. The Morgan fingerprint density at radius 1 is 1.00 bits per heavy atom. The van der Waals surface area contributed by atoms with Crippen molar-refractivity contribution in [3.8, 4) is 11.3 Å². The van der Waals surface area contributed by atoms with Gasteiger partial charge in [-0.3, -0.25) is 0 Å². The van der Waals surface area contributed by atoms with Crippen molar-refractivity contribution in [1.29, 1.82) is 0 Å². The average Bonchev–Trinajstić information content (AvgIpc) is 2.86. The minimum atomic E-state index is -0.514. The van der Waals surface area contributed by atoms with Crippen LogP contribution in [0.3, 0.4) is 0 Å². The highest BCUT2D eigenvalue weighted by Crippen LogP contribution is 2.31. The summed E-state index contributed by atoms with van der Waals surface area (Å²) in [6.07, 6.45) is 0. The van der Waals surface area contributed by atoms with Crippen LogP contribution in [0.4, 0.5) is 0 Å². The first-order chi connectivity index (χ1) is 17.3. The summed E-state index contributed by atoms with van der Waals surface area (Å²) in [6.45, 7) is 6.14. The van der Waals surface area contributed by atoms with Gasteiger partial charge in [-0.2, -0.15) is 0 Å². The largest absolute Gasteiger partial charge is 0.457 e. The molecule has 0 N–H and O–H groups in total. The number of hydrogen-bond donors (Lipinski definition) is 0. The van der Waals surface area contributed by atoms with Crippen LogP contribution < -0.4 is 5.63 Å². The molecular formula is C30H24ClNO4. The van der Waals surface area contributed by atoms with E-state index in [1.54, 1.807) is 12.1 Å². The molecule has 0 aliphatic rings. The van der Waals surface area contributed by atoms with Crippen molar-refractivity contribution < 1.29 is 13.9 Å². The molecule has 2 heterocycles. The van der Waals surface area contributed by atoms with Crippen LogP contribution in [0.2, 0.25) is 5.02 Å². The van der Waals surface area contributed by atoms with Crippen molar-refractivity contribution in [2.24, 2.45) is 0 Å². The van der Waals surface area contributed by atoms with Crippen LogP contribution >= 0.6 is 11.6 Å². The van der Waals surface area contributed by atoms with E-state index in [0.717, 1.165) is 22.1 Å². The first-order valence-corrected chi connectivity index (χ1v) is 12.1. The molecule has 0 atom stereocenters. The summed E-state index contributed by atoms with van der Waals surface area (Å²) in [4.78, 5) is 30.3. The van der Waals surface area contributed by atoms with Crippen LogP contribution in [0.1, 0.15) is 46.8 Å². The molecule has 5 aromatic rings. The molecule has 0 fully saturated rings. The second-order valence-electron chi connectivity index (χ2n) is 9.08. The third kappa shape index (κ3) is 4.50. The Morgan fingerprint density at radius 3 is 2.53 bits per heavy atom. The van der Waals surface area contributed by atoms with Crippen molar-refractivity contribution in [3.05, 3.63) is 110 Å². The van der Waals surface area contributed by atoms with Gasteiger partial charge in [-0.15, -0.1) is 0 Å². The summed E-state index contributed by atoms with van der Waals surface area (Å²) in [5.41, 5.74) is 5.12. The number of aryl methyl sites for hydroxylation is 1. The smallest absolute Gasteiger partial charge is 0.339 e. The summed E-state index contributed by atoms with van der Waals surface area (Å²) in [5.74, 6) is -0.220. The van der Waals surface area contributed by atoms with Crippen molar-refractivity contribution in [2.45, 2.75) is 33.3 Å². The molecule has 0 aliphatic heterocycles. The van der Waals surface area contributed by atoms with Gasteiger partial charge in [-0.05, 0) is 54.3 Å². The maximum atomic E-state index is 13.4. The fraction of sp³-hybridized carbons (Fsp3) is 0.167. The second-order valence-corrected chi connectivity index (χ2v) is 9.49. The zero-order valence-corrected chi connectivity index (χ0v) is 20.9. The van der Waals surface area contributed by atoms with Crippen LogP contribution in [0, 0.1) is 6.92 Å². The first-order valence-electron chi connectivity index (χ1n) is 11.7. The Bertz CT molecular complexity index is 1690. The Morgan fingerprint density at radius 2 is 1.75 bits per heavy atom. The summed E-state index contributed by atoms with van der Waals surface area (Å²) in [5, 5.41) is 1.97. The van der Waals surface area contributed by atoms with Crippen LogP contribution in [0.25, 0.3) is 33.1 Å². The van der Waals surface area contributed by atoms with Gasteiger partial charge in [-0.1, -0.05) is 61.8 Å². The maximum absolute atomic E-state index is 13.4. The molecule has 36 heavy (non-hydrogen) atoms. The molecule has 5 rings (SSSR count). The van der Waals surface area contributed by atoms with Gasteiger partial charge in [0.15, 0.2) is 0 Å². The number of carbonyl (C=O) groups is 1. The normalized spacial score (nSPS) is 11.4. The molecule has 6 heteroatoms. The number of ether oxygens (including phenoxy) is 1. The molecule has 180 valence electrons. The Balaban J connectivity index is 1.54. The molecule has 2 aromatic heterocycles. The summed E-state index contributed by atoms with van der Waals surface area (Å²) in [6, 6.07) is 21.7. The zero-order chi connectivity index (χ0) is 25.4. The lowest BCUT2D eigenvalue weighted by Crippen LogP contribution is -2.09. The van der Waals surface area contributed by atoms with Gasteiger partial charge in [0, 0.05) is 33.0 Å². The fourth-order valence-electron chi connectivity index (χ4n) is 4.51. The number of esters is 1. The number of fused-ring (bicyclic) bond motifs is 2. The van der Waals surface area contributed by atoms with E-state index in [-0.39, 0.29) is 6.61 Å². The minimum Gasteiger partial charge on any atom is -0.457 e. The van der Waals surface area contributed by atoms with Gasteiger partial charge in [0.25, 0.3) is 0 Å². The summed E-state index contributed by atoms with van der Waals surface area (Å²) >= 11 is 6.40. The number of benzene rings is 3. The zero-order valence-electron chi connectivity index (χ0n) is 20.2. The molecule has 0 bridgehead atoms. The van der Waals surface area contributed by atoms with Crippen molar-refractivity contribution >= 4 is 39.4 Å². The molecule has 5 nitrogen and oxygen atoms in total. The third-order valence-electron chi connectivity index (χ3n) is 6.28. The van der Waals surface area contributed by atoms with E-state index >= 15 is 0 Å². The van der Waals surface area contributed by atoms with E-state index < -0.39 is 11.6 Å². The monoisotopic (exact) mass is 497 g/mol. The molecule has 3 aromatic carbocycles. The van der Waals surface area contributed by atoms with Gasteiger partial charge in [0.05, 0.1) is 16.8 Å². The molecule has 0 aliphatic carbocycles. The predicted octanol–water partition coefficient (Wildman–Crippen LogP) is 7.45. The number of aromatic nitrogens is 1. The predicted molar refractivity (Wildman–Crippen MR) is 143 cm³/mol. The van der Waals surface area contributed by atoms with E-state index in [2.05, 4.69) is 13.8 Å². The van der Waals surface area contributed by atoms with Gasteiger partial charge in [-0.25, -0.2) is 14.6 Å². The molecule has 0 radical (unpaired) electrons. The number of nitrogens with zero attached hydrogens (tertiary/aromatic N) is 1. The average molecular weight is 498 g/mol. The van der Waals surface area contributed by atoms with E-state index in [4.69, 9.17) is 25.7 Å². The summed E-state index contributed by atoms with van der Waals surface area (Å²) in [7, 11) is 0. The molecule has 0 spiro atoms. The lowest BCUT2D eigenvalue weighted by molar-refractivity contribution is 0.0476. The second kappa shape index (κ2) is 9.59. The van der Waals surface area contributed by atoms with E-state index in [1.165, 1.54) is 6.07 Å². The van der Waals surface area contributed by atoms with E-state index in [9.17, 15) is 9.59 Å². The van der Waals surface area contributed by atoms with E-state index in [1.807, 2.05) is 61.5 Å². The molecule has 0 amide bonds. The van der Waals surface area contributed by atoms with Crippen LogP contribution in [0.5, 0.6) is 0 Å². The molecule has 0 unspecified atom stereocenters. The number of pyridine rings is 1. The van der Waals surface area contributed by atoms with Gasteiger partial charge in [0.2, 0.25) is 0 Å². The van der Waals surface area contributed by atoms with Gasteiger partial charge < -0.3 is 9.15 Å². The number of carbonyl (C=O) groups excluding carboxylic acids is 1. The van der Waals surface area contributed by atoms with Gasteiger partial charge in [0.1, 0.15) is 12.2 Å². The van der Waals surface area contributed by atoms with Crippen LogP contribution in [0.15, 0.2) is 82.0 Å². The fourth-order valence-corrected chi connectivity index (χ4v) is 4.74. The molecular weight excluding hydrogens is 474 g/mol. The SMILES string of the molecule is Cc1cc2oc(=O)cc(COC(=O)c3cc(-c4ccccc4Cl)nc4ccccc34)c2cc1C(C)C. The number of rotatable bonds is 5. The first kappa shape index (κ1) is 23.8. The number of para-hydroxylation sites is 1. The minimum absolute atomic E-state index is 0.0698. The van der Waals surface area contributed by atoms with Gasteiger partial charge >= 0.3 is 11.6 Å². The van der Waals surface area contributed by atoms with Crippen molar-refractivity contribution in [3.63, 3.8) is 0 Å². The standard InChI is InChI=1S/C30H24ClNO4/c1-17(2)22-14-23-19(13-29(33)36-28(23)12-18(22)3)16-35-30(34)24-15-27(21-9-4-6-10-25(21)31)32-26-11-7-5-8-20(24)26/h4-15,17H,16H2,1-3H3. The van der Waals surface area contributed by atoms with E-state index in [0.29, 0.717) is 44.2 Å². The lowest BCUT2D eigenvalue weighted by Gasteiger charge is -2.14. The van der Waals surface area contributed by atoms with Crippen LogP contribution in [-0.4, -0.2) is 11.0 Å². The summed E-state index contributed by atoms with van der Waals surface area (Å²) < 4.78 is 11.2. The Labute approximate surface area is 213 Å². The van der Waals surface area contributed by atoms with Crippen molar-refractivity contribution in [1.82, 2.24) is 4.98 Å². The Hall–Kier alpha value is -3.96. The number of hydrogen-bond acceptors (Lipinski definition) is 5. The number of halogens is 1. The lowest BCUT2D eigenvalue weighted by atomic mass is 9.95. The van der Waals surface area contributed by atoms with Crippen molar-refractivity contribution in [2.75, 3.05) is 0 Å². The third-order valence-corrected chi connectivity index (χ3v) is 6.61. The topological polar surface area (TPSA) is 69.4 Å². The highest BCUT2D eigenvalue weighted by molar-refractivity contribution is 6.33. The quantitative estimate of drug-likeness (QED) is 0.186. The molecule has 0 saturated heterocycles. The maximum Gasteiger partial charge on any atom is 0.339 e. The van der Waals surface area contributed by atoms with Crippen LogP contribution in [-0.2, 0) is 11.3 Å². The molecule has 0 saturated carbocycles. The highest BCUT2D eigenvalue weighted by Gasteiger charge is 2.18.